The van der Waals surface area contributed by atoms with Crippen molar-refractivity contribution >= 4 is 11.6 Å². The predicted octanol–water partition coefficient (Wildman–Crippen LogP) is 2.49. The van der Waals surface area contributed by atoms with Gasteiger partial charge in [-0.25, -0.2) is 4.98 Å². The van der Waals surface area contributed by atoms with Crippen molar-refractivity contribution in [2.75, 3.05) is 42.5 Å². The molecule has 0 bridgehead atoms. The number of nitrogens with one attached hydrogen (secondary N) is 1. The number of phenols is 1. The van der Waals surface area contributed by atoms with Crippen molar-refractivity contribution in [3.8, 4) is 5.75 Å². The Morgan fingerprint density at radius 2 is 1.94 bits per heavy atom. The van der Waals surface area contributed by atoms with Gasteiger partial charge in [-0.1, -0.05) is 6.07 Å². The molecule has 174 valence electrons. The summed E-state index contributed by atoms with van der Waals surface area (Å²) in [5.74, 6) is 0.945. The number of hydrogen-bond acceptors (Lipinski definition) is 7. The van der Waals surface area contributed by atoms with Crippen LogP contribution >= 0.6 is 0 Å². The minimum absolute atomic E-state index is 0.0390. The Hall–Kier alpha value is -2.58. The molecular weight excluding hydrogens is 406 g/mol. The van der Waals surface area contributed by atoms with Crippen LogP contribution in [0.3, 0.4) is 0 Å². The fourth-order valence-electron chi connectivity index (χ4n) is 4.83. The topological polar surface area (TPSA) is 84.9 Å². The van der Waals surface area contributed by atoms with Gasteiger partial charge in [0.25, 0.3) is 5.56 Å². The van der Waals surface area contributed by atoms with E-state index in [9.17, 15) is 9.90 Å². The van der Waals surface area contributed by atoms with Crippen LogP contribution in [-0.4, -0.2) is 64.9 Å². The maximum Gasteiger partial charge on any atom is 0.255 e. The van der Waals surface area contributed by atoms with E-state index < -0.39 is 0 Å². The molecule has 0 amide bonds. The summed E-state index contributed by atoms with van der Waals surface area (Å²) in [6.07, 6.45) is 0.851. The Balaban J connectivity index is 1.51. The van der Waals surface area contributed by atoms with E-state index in [0.29, 0.717) is 44.3 Å². The first kappa shape index (κ1) is 22.6. The molecule has 3 heterocycles. The lowest BCUT2D eigenvalue weighted by Gasteiger charge is -2.36. The van der Waals surface area contributed by atoms with Gasteiger partial charge in [-0.2, -0.15) is 0 Å². The number of morpholine rings is 1. The van der Waals surface area contributed by atoms with Crippen LogP contribution in [0.4, 0.5) is 11.6 Å². The number of rotatable bonds is 6. The molecule has 2 atom stereocenters. The summed E-state index contributed by atoms with van der Waals surface area (Å²) in [6, 6.07) is 5.93. The zero-order valence-electron chi connectivity index (χ0n) is 19.6. The highest BCUT2D eigenvalue weighted by atomic mass is 16.5. The molecule has 8 nitrogen and oxygen atoms in total. The summed E-state index contributed by atoms with van der Waals surface area (Å²) in [5.41, 5.74) is 3.50. The van der Waals surface area contributed by atoms with Crippen LogP contribution in [0.2, 0.25) is 0 Å². The minimum atomic E-state index is -0.0390. The van der Waals surface area contributed by atoms with Gasteiger partial charge in [0, 0.05) is 68.7 Å². The highest BCUT2D eigenvalue weighted by Crippen LogP contribution is 2.27. The van der Waals surface area contributed by atoms with Crippen LogP contribution in [0.5, 0.6) is 5.75 Å². The van der Waals surface area contributed by atoms with E-state index in [0.717, 1.165) is 42.1 Å². The van der Waals surface area contributed by atoms with Gasteiger partial charge in [0.05, 0.1) is 17.9 Å². The fourth-order valence-corrected chi connectivity index (χ4v) is 4.83. The summed E-state index contributed by atoms with van der Waals surface area (Å²) in [6.45, 7) is 13.5. The molecule has 0 saturated carbocycles. The second-order valence-corrected chi connectivity index (χ2v) is 8.92. The lowest BCUT2D eigenvalue weighted by Crippen LogP contribution is -2.47. The maximum absolute atomic E-state index is 12.8. The third-order valence-electron chi connectivity index (χ3n) is 6.45. The Kier molecular flexibility index (Phi) is 6.71. The number of H-pyrrole nitrogens is 1. The fraction of sp³-hybridized carbons (Fsp3) is 0.583. The van der Waals surface area contributed by atoms with Crippen molar-refractivity contribution < 1.29 is 9.84 Å². The third-order valence-corrected chi connectivity index (χ3v) is 6.45. The largest absolute Gasteiger partial charge is 0.508 e. The molecule has 1 fully saturated rings. The minimum Gasteiger partial charge on any atom is -0.508 e. The van der Waals surface area contributed by atoms with Crippen molar-refractivity contribution in [1.82, 2.24) is 14.9 Å². The zero-order valence-corrected chi connectivity index (χ0v) is 19.6. The normalized spacial score (nSPS) is 21.4. The van der Waals surface area contributed by atoms with Gasteiger partial charge in [0.1, 0.15) is 5.75 Å². The molecule has 1 saturated heterocycles. The van der Waals surface area contributed by atoms with Gasteiger partial charge >= 0.3 is 0 Å². The smallest absolute Gasteiger partial charge is 0.255 e. The SMILES string of the molecule is CCN(CC)c1ccc(CN2CCc3c(nc(N4CC(C)OC(C)C4)[nH]c3=O)C2)c(O)c1. The number of ether oxygens (including phenoxy) is 1. The van der Waals surface area contributed by atoms with Crippen LogP contribution in [-0.2, 0) is 24.2 Å². The Labute approximate surface area is 189 Å². The second kappa shape index (κ2) is 9.50. The molecule has 0 aliphatic carbocycles. The summed E-state index contributed by atoms with van der Waals surface area (Å²) < 4.78 is 5.82. The van der Waals surface area contributed by atoms with E-state index in [2.05, 4.69) is 39.6 Å². The number of aromatic nitrogens is 2. The van der Waals surface area contributed by atoms with E-state index >= 15 is 0 Å². The Morgan fingerprint density at radius 3 is 2.59 bits per heavy atom. The van der Waals surface area contributed by atoms with Crippen LogP contribution in [0, 0.1) is 0 Å². The first-order valence-electron chi connectivity index (χ1n) is 11.7. The summed E-state index contributed by atoms with van der Waals surface area (Å²) in [7, 11) is 0. The third kappa shape index (κ3) is 4.76. The van der Waals surface area contributed by atoms with Crippen molar-refractivity contribution in [2.24, 2.45) is 0 Å². The molecule has 2 aliphatic rings. The van der Waals surface area contributed by atoms with E-state index in [4.69, 9.17) is 9.72 Å². The molecular formula is C24H35N5O3. The van der Waals surface area contributed by atoms with E-state index in [1.54, 1.807) is 0 Å². The Bertz CT molecular complexity index is 994. The molecule has 0 radical (unpaired) electrons. The van der Waals surface area contributed by atoms with Gasteiger partial charge in [-0.15, -0.1) is 0 Å². The molecule has 8 heteroatoms. The second-order valence-electron chi connectivity index (χ2n) is 8.92. The standard InChI is InChI=1S/C24H35N5O3/c1-5-28(6-2)19-8-7-18(22(30)11-19)14-27-10-9-20-21(15-27)25-24(26-23(20)31)29-12-16(3)32-17(4)13-29/h7-8,11,16-17,30H,5-6,9-10,12-15H2,1-4H3,(H,25,26,31). The van der Waals surface area contributed by atoms with Gasteiger partial charge in [0.15, 0.2) is 0 Å². The average molecular weight is 442 g/mol. The first-order chi connectivity index (χ1) is 15.4. The van der Waals surface area contributed by atoms with Gasteiger partial charge in [-0.05, 0) is 40.2 Å². The molecule has 1 aromatic heterocycles. The number of anilines is 2. The number of phenolic OH excluding ortho intramolecular Hbond substituents is 1. The molecule has 2 aliphatic heterocycles. The Morgan fingerprint density at radius 1 is 1.22 bits per heavy atom. The van der Waals surface area contributed by atoms with Crippen LogP contribution < -0.4 is 15.4 Å². The predicted molar refractivity (Wildman–Crippen MR) is 127 cm³/mol. The van der Waals surface area contributed by atoms with Crippen LogP contribution in [0.25, 0.3) is 0 Å². The first-order valence-corrected chi connectivity index (χ1v) is 11.7. The zero-order chi connectivity index (χ0) is 22.8. The van der Waals surface area contributed by atoms with Gasteiger partial charge < -0.3 is 19.6 Å². The lowest BCUT2D eigenvalue weighted by atomic mass is 10.0. The van der Waals surface area contributed by atoms with Crippen molar-refractivity contribution in [2.45, 2.75) is 59.4 Å². The number of aromatic amines is 1. The summed E-state index contributed by atoms with van der Waals surface area (Å²) in [5, 5.41) is 10.6. The van der Waals surface area contributed by atoms with E-state index in [1.165, 1.54) is 0 Å². The maximum atomic E-state index is 12.8. The van der Waals surface area contributed by atoms with Crippen LogP contribution in [0.1, 0.15) is 44.5 Å². The number of hydrogen-bond donors (Lipinski definition) is 2. The lowest BCUT2D eigenvalue weighted by molar-refractivity contribution is -0.00576. The molecule has 4 rings (SSSR count). The molecule has 32 heavy (non-hydrogen) atoms. The molecule has 0 spiro atoms. The van der Waals surface area contributed by atoms with E-state index in [1.807, 2.05) is 26.0 Å². The molecule has 1 aromatic carbocycles. The molecule has 2 aromatic rings. The number of aromatic hydroxyl groups is 1. The van der Waals surface area contributed by atoms with Crippen molar-refractivity contribution in [3.63, 3.8) is 0 Å². The highest BCUT2D eigenvalue weighted by molar-refractivity contribution is 5.53. The molecule has 2 N–H and O–H groups in total. The summed E-state index contributed by atoms with van der Waals surface area (Å²) in [4.78, 5) is 27.2. The molecule has 2 unspecified atom stereocenters. The summed E-state index contributed by atoms with van der Waals surface area (Å²) >= 11 is 0. The number of benzene rings is 1. The van der Waals surface area contributed by atoms with Crippen LogP contribution in [0.15, 0.2) is 23.0 Å². The average Bonchev–Trinajstić information content (AvgIpc) is 2.75. The van der Waals surface area contributed by atoms with Crippen molar-refractivity contribution in [3.05, 3.63) is 45.4 Å². The number of nitrogens with zero attached hydrogens (tertiary/aromatic N) is 4. The van der Waals surface area contributed by atoms with Gasteiger partial charge in [-0.3, -0.25) is 14.7 Å². The number of fused-ring (bicyclic) bond motifs is 1. The highest BCUT2D eigenvalue weighted by Gasteiger charge is 2.27. The van der Waals surface area contributed by atoms with Gasteiger partial charge in [0.2, 0.25) is 5.95 Å². The quantitative estimate of drug-likeness (QED) is 0.712. The van der Waals surface area contributed by atoms with E-state index in [-0.39, 0.29) is 17.8 Å². The van der Waals surface area contributed by atoms with Crippen molar-refractivity contribution in [1.29, 1.82) is 0 Å². The monoisotopic (exact) mass is 441 g/mol.